The van der Waals surface area contributed by atoms with E-state index in [1.165, 1.54) is 11.8 Å². The van der Waals surface area contributed by atoms with Gasteiger partial charge >= 0.3 is 0 Å². The van der Waals surface area contributed by atoms with Crippen LogP contribution in [-0.4, -0.2) is 42.3 Å². The van der Waals surface area contributed by atoms with Crippen LogP contribution < -0.4 is 4.90 Å². The molecular weight excluding hydrogens is 439 g/mol. The number of carbonyl (C=O) groups excluding carboxylic acids is 1. The van der Waals surface area contributed by atoms with Crippen LogP contribution in [0, 0.1) is 0 Å². The van der Waals surface area contributed by atoms with Crippen molar-refractivity contribution in [2.75, 3.05) is 16.4 Å². The highest BCUT2D eigenvalue weighted by molar-refractivity contribution is 8.16. The van der Waals surface area contributed by atoms with Crippen LogP contribution >= 0.6 is 35.0 Å². The first-order valence-electron chi connectivity index (χ1n) is 8.59. The molecule has 2 saturated heterocycles. The van der Waals surface area contributed by atoms with Crippen LogP contribution in [0.2, 0.25) is 10.0 Å². The number of para-hydroxylation sites is 1. The summed E-state index contributed by atoms with van der Waals surface area (Å²) in [5.41, 5.74) is 1.48. The number of thioether (sulfide) groups is 1. The van der Waals surface area contributed by atoms with Gasteiger partial charge in [0, 0.05) is 10.3 Å². The number of sulfone groups is 1. The Morgan fingerprint density at radius 1 is 1.11 bits per heavy atom. The third kappa shape index (κ3) is 4.08. The van der Waals surface area contributed by atoms with Gasteiger partial charge in [0.05, 0.1) is 34.7 Å². The van der Waals surface area contributed by atoms with Gasteiger partial charge < -0.3 is 4.90 Å². The molecule has 146 valence electrons. The Labute approximate surface area is 177 Å². The Morgan fingerprint density at radius 3 is 2.54 bits per heavy atom. The number of anilines is 1. The van der Waals surface area contributed by atoms with Gasteiger partial charge in [0.25, 0.3) is 5.91 Å². The van der Waals surface area contributed by atoms with E-state index in [2.05, 4.69) is 4.99 Å². The maximum atomic E-state index is 12.6. The Balaban J connectivity index is 1.65. The van der Waals surface area contributed by atoms with Crippen molar-refractivity contribution < 1.29 is 13.2 Å². The summed E-state index contributed by atoms with van der Waals surface area (Å²) in [6, 6.07) is 13.9. The zero-order valence-electron chi connectivity index (χ0n) is 14.6. The van der Waals surface area contributed by atoms with Crippen LogP contribution in [0.3, 0.4) is 0 Å². The smallest absolute Gasteiger partial charge is 0.252 e. The second-order valence-electron chi connectivity index (χ2n) is 6.71. The van der Waals surface area contributed by atoms with Gasteiger partial charge in [-0.3, -0.25) is 4.79 Å². The monoisotopic (exact) mass is 454 g/mol. The third-order valence-corrected chi connectivity index (χ3v) is 8.45. The number of hydrogen-bond acceptors (Lipinski definition) is 4. The Kier molecular flexibility index (Phi) is 5.44. The molecule has 2 atom stereocenters. The summed E-state index contributed by atoms with van der Waals surface area (Å²) in [5, 5.41) is 1.43. The van der Waals surface area contributed by atoms with E-state index < -0.39 is 9.84 Å². The number of amides is 1. The highest BCUT2D eigenvalue weighted by atomic mass is 35.5. The second kappa shape index (κ2) is 7.71. The molecule has 0 aliphatic carbocycles. The van der Waals surface area contributed by atoms with Crippen LogP contribution in [0.5, 0.6) is 0 Å². The molecule has 0 N–H and O–H groups in total. The van der Waals surface area contributed by atoms with Crippen molar-refractivity contribution in [3.8, 4) is 0 Å². The molecule has 2 fully saturated rings. The van der Waals surface area contributed by atoms with Crippen molar-refractivity contribution in [2.24, 2.45) is 4.99 Å². The molecule has 2 aromatic carbocycles. The lowest BCUT2D eigenvalue weighted by molar-refractivity contribution is -0.117. The Hall–Kier alpha value is -1.54. The lowest BCUT2D eigenvalue weighted by atomic mass is 10.1. The van der Waals surface area contributed by atoms with E-state index in [0.29, 0.717) is 20.9 Å². The summed E-state index contributed by atoms with van der Waals surface area (Å²) in [5.74, 6) is -0.196. The molecule has 0 bridgehead atoms. The molecule has 9 heteroatoms. The molecule has 1 amide bonds. The number of hydrogen-bond donors (Lipinski definition) is 0. The summed E-state index contributed by atoms with van der Waals surface area (Å²) < 4.78 is 24.2. The fourth-order valence-electron chi connectivity index (χ4n) is 3.42. The van der Waals surface area contributed by atoms with E-state index in [4.69, 9.17) is 23.2 Å². The number of rotatable bonds is 3. The van der Waals surface area contributed by atoms with Crippen LogP contribution in [0.15, 0.2) is 53.5 Å². The van der Waals surface area contributed by atoms with Crippen LogP contribution in [0.1, 0.15) is 5.56 Å². The largest absolute Gasteiger partial charge is 0.314 e. The van der Waals surface area contributed by atoms with E-state index in [1.54, 1.807) is 36.4 Å². The Bertz CT molecular complexity index is 1060. The summed E-state index contributed by atoms with van der Waals surface area (Å²) in [6.45, 7) is 0. The lowest BCUT2D eigenvalue weighted by Gasteiger charge is -2.25. The number of halogens is 2. The number of benzene rings is 2. The summed E-state index contributed by atoms with van der Waals surface area (Å²) in [7, 11) is -3.12. The second-order valence-corrected chi connectivity index (χ2v) is 10.9. The molecule has 0 aromatic heterocycles. The molecule has 0 spiro atoms. The molecule has 0 radical (unpaired) electrons. The third-order valence-electron chi connectivity index (χ3n) is 4.67. The summed E-state index contributed by atoms with van der Waals surface area (Å²) >= 11 is 13.6. The lowest BCUT2D eigenvalue weighted by Crippen LogP contribution is -2.38. The van der Waals surface area contributed by atoms with Crippen molar-refractivity contribution >= 4 is 61.6 Å². The number of fused-ring (bicyclic) bond motifs is 1. The topological polar surface area (TPSA) is 66.8 Å². The number of amidine groups is 1. The fraction of sp³-hybridized carbons (Fsp3) is 0.263. The SMILES string of the molecule is O=C(Cc1ccc(Cl)cc1)N=C1S[C@@H]2CS(=O)(=O)C[C@H]2N1c1ccccc1Cl. The molecule has 0 saturated carbocycles. The molecule has 28 heavy (non-hydrogen) atoms. The molecule has 2 aromatic rings. The minimum Gasteiger partial charge on any atom is -0.314 e. The van der Waals surface area contributed by atoms with E-state index in [0.717, 1.165) is 5.56 Å². The number of nitrogens with zero attached hydrogens (tertiary/aromatic N) is 2. The quantitative estimate of drug-likeness (QED) is 0.704. The molecule has 5 nitrogen and oxygen atoms in total. The standard InChI is InChI=1S/C19H16Cl2N2O3S2/c20-13-7-5-12(6-8-13)9-18(24)22-19-23(15-4-2-1-3-14(15)21)16-10-28(25,26)11-17(16)27-19/h1-8,16-17H,9-11H2/t16-,17-/m1/s1. The molecular formula is C19H16Cl2N2O3S2. The minimum atomic E-state index is -3.12. The first kappa shape index (κ1) is 19.8. The molecule has 4 rings (SSSR count). The average Bonchev–Trinajstić information content (AvgIpc) is 3.08. The molecule has 0 unspecified atom stereocenters. The predicted molar refractivity (Wildman–Crippen MR) is 115 cm³/mol. The van der Waals surface area contributed by atoms with Crippen molar-refractivity contribution in [3.63, 3.8) is 0 Å². The molecule has 2 aliphatic heterocycles. The molecule has 2 aliphatic rings. The summed E-state index contributed by atoms with van der Waals surface area (Å²) in [4.78, 5) is 18.7. The first-order valence-corrected chi connectivity index (χ1v) is 12.0. The normalized spacial score (nSPS) is 24.5. The maximum absolute atomic E-state index is 12.6. The van der Waals surface area contributed by atoms with Crippen LogP contribution in [0.4, 0.5) is 5.69 Å². The summed E-state index contributed by atoms with van der Waals surface area (Å²) in [6.07, 6.45) is 0.144. The maximum Gasteiger partial charge on any atom is 0.252 e. The predicted octanol–water partition coefficient (Wildman–Crippen LogP) is 3.84. The van der Waals surface area contributed by atoms with E-state index in [-0.39, 0.29) is 35.1 Å². The van der Waals surface area contributed by atoms with Crippen molar-refractivity contribution in [1.29, 1.82) is 0 Å². The highest BCUT2D eigenvalue weighted by Crippen LogP contribution is 2.42. The van der Waals surface area contributed by atoms with Gasteiger partial charge in [0.2, 0.25) is 0 Å². The van der Waals surface area contributed by atoms with Gasteiger partial charge in [-0.05, 0) is 29.8 Å². The molecule has 2 heterocycles. The van der Waals surface area contributed by atoms with Crippen molar-refractivity contribution in [2.45, 2.75) is 17.7 Å². The minimum absolute atomic E-state index is 0.0281. The zero-order chi connectivity index (χ0) is 19.9. The van der Waals surface area contributed by atoms with Gasteiger partial charge in [-0.15, -0.1) is 0 Å². The number of aliphatic imine (C=N–C) groups is 1. The zero-order valence-corrected chi connectivity index (χ0v) is 17.7. The van der Waals surface area contributed by atoms with Gasteiger partial charge in [0.1, 0.15) is 0 Å². The first-order chi connectivity index (χ1) is 13.3. The van der Waals surface area contributed by atoms with Crippen LogP contribution in [-0.2, 0) is 21.1 Å². The van der Waals surface area contributed by atoms with Crippen molar-refractivity contribution in [3.05, 3.63) is 64.1 Å². The van der Waals surface area contributed by atoms with Gasteiger partial charge in [0.15, 0.2) is 15.0 Å². The van der Waals surface area contributed by atoms with Crippen molar-refractivity contribution in [1.82, 2.24) is 0 Å². The number of carbonyl (C=O) groups is 1. The van der Waals surface area contributed by atoms with Gasteiger partial charge in [-0.1, -0.05) is 59.2 Å². The van der Waals surface area contributed by atoms with E-state index in [1.807, 2.05) is 17.0 Å². The van der Waals surface area contributed by atoms with E-state index >= 15 is 0 Å². The Morgan fingerprint density at radius 2 is 1.82 bits per heavy atom. The van der Waals surface area contributed by atoms with Gasteiger partial charge in [-0.25, -0.2) is 8.42 Å². The fourth-order valence-corrected chi connectivity index (χ4v) is 7.69. The van der Waals surface area contributed by atoms with Crippen LogP contribution in [0.25, 0.3) is 0 Å². The average molecular weight is 455 g/mol. The highest BCUT2D eigenvalue weighted by Gasteiger charge is 2.49. The van der Waals surface area contributed by atoms with E-state index in [9.17, 15) is 13.2 Å². The van der Waals surface area contributed by atoms with Gasteiger partial charge in [-0.2, -0.15) is 4.99 Å².